The maximum atomic E-state index is 12.3. The summed E-state index contributed by atoms with van der Waals surface area (Å²) in [6.45, 7) is 6.47. The lowest BCUT2D eigenvalue weighted by Gasteiger charge is -2.28. The van der Waals surface area contributed by atoms with Gasteiger partial charge in [0, 0.05) is 18.8 Å². The molecule has 1 aromatic rings. The molecule has 0 spiro atoms. The van der Waals surface area contributed by atoms with E-state index in [2.05, 4.69) is 29.5 Å². The van der Waals surface area contributed by atoms with Crippen LogP contribution in [0.5, 0.6) is 0 Å². The van der Waals surface area contributed by atoms with E-state index < -0.39 is 0 Å². The minimum atomic E-state index is 0. The van der Waals surface area contributed by atoms with E-state index in [0.29, 0.717) is 18.3 Å². The molecule has 3 atom stereocenters. The summed E-state index contributed by atoms with van der Waals surface area (Å²) in [7, 11) is 0. The van der Waals surface area contributed by atoms with Gasteiger partial charge in [0.15, 0.2) is 0 Å². The van der Waals surface area contributed by atoms with E-state index >= 15 is 0 Å². The number of piperidine rings is 1. The second kappa shape index (κ2) is 11.7. The van der Waals surface area contributed by atoms with Crippen molar-refractivity contribution in [1.29, 1.82) is 0 Å². The lowest BCUT2D eigenvalue weighted by atomic mass is 9.85. The third kappa shape index (κ3) is 7.06. The summed E-state index contributed by atoms with van der Waals surface area (Å²) in [5.74, 6) is 1.23. The van der Waals surface area contributed by atoms with Crippen LogP contribution in [-0.2, 0) is 4.79 Å². The smallest absolute Gasteiger partial charge is 0.220 e. The van der Waals surface area contributed by atoms with Crippen LogP contribution in [0.2, 0.25) is 0 Å². The van der Waals surface area contributed by atoms with E-state index in [1.165, 1.54) is 12.8 Å². The zero-order valence-electron chi connectivity index (χ0n) is 14.0. The molecule has 1 saturated heterocycles. The molecule has 0 aromatic carbocycles. The number of aromatic nitrogens is 1. The Balaban J connectivity index is 0.00000242. The highest BCUT2D eigenvalue weighted by atomic mass is 35.5. The first-order chi connectivity index (χ1) is 10.2. The number of carbonyl (C=O) groups excluding carboxylic acids is 1. The van der Waals surface area contributed by atoms with Crippen LogP contribution in [0.4, 0.5) is 0 Å². The number of hydrogen-bond acceptors (Lipinski definition) is 3. The quantitative estimate of drug-likeness (QED) is 0.814. The number of rotatable bonds is 6. The molecule has 23 heavy (non-hydrogen) atoms. The molecule has 1 fully saturated rings. The Bertz CT molecular complexity index is 439. The van der Waals surface area contributed by atoms with Gasteiger partial charge < -0.3 is 10.6 Å². The van der Waals surface area contributed by atoms with Gasteiger partial charge in [-0.1, -0.05) is 13.8 Å². The van der Waals surface area contributed by atoms with Gasteiger partial charge in [-0.15, -0.1) is 24.8 Å². The largest absolute Gasteiger partial charge is 0.349 e. The average Bonchev–Trinajstić information content (AvgIpc) is 2.54. The van der Waals surface area contributed by atoms with Crippen molar-refractivity contribution in [1.82, 2.24) is 15.6 Å². The number of pyridine rings is 1. The van der Waals surface area contributed by atoms with Gasteiger partial charge in [0.1, 0.15) is 0 Å². The molecule has 2 N–H and O–H groups in total. The predicted molar refractivity (Wildman–Crippen MR) is 99.3 cm³/mol. The van der Waals surface area contributed by atoms with E-state index in [1.54, 1.807) is 12.4 Å². The highest BCUT2D eigenvalue weighted by Gasteiger charge is 2.23. The van der Waals surface area contributed by atoms with Gasteiger partial charge in [-0.05, 0) is 61.9 Å². The van der Waals surface area contributed by atoms with Crippen LogP contribution in [0.15, 0.2) is 24.5 Å². The maximum absolute atomic E-state index is 12.3. The summed E-state index contributed by atoms with van der Waals surface area (Å²) < 4.78 is 0. The number of amides is 1. The molecule has 2 heterocycles. The van der Waals surface area contributed by atoms with Crippen LogP contribution in [-0.4, -0.2) is 24.0 Å². The highest BCUT2D eigenvalue weighted by molar-refractivity contribution is 5.85. The van der Waals surface area contributed by atoms with Crippen LogP contribution in [0.25, 0.3) is 0 Å². The Labute approximate surface area is 152 Å². The van der Waals surface area contributed by atoms with Crippen LogP contribution < -0.4 is 10.6 Å². The normalized spacial score (nSPS) is 19.7. The number of halogens is 2. The molecule has 1 aliphatic rings. The van der Waals surface area contributed by atoms with Crippen molar-refractivity contribution in [2.24, 2.45) is 11.8 Å². The van der Waals surface area contributed by atoms with Gasteiger partial charge >= 0.3 is 0 Å². The van der Waals surface area contributed by atoms with Crippen LogP contribution in [0.1, 0.15) is 51.1 Å². The summed E-state index contributed by atoms with van der Waals surface area (Å²) in [4.78, 5) is 16.3. The third-order valence-corrected chi connectivity index (χ3v) is 4.50. The highest BCUT2D eigenvalue weighted by Crippen LogP contribution is 2.23. The van der Waals surface area contributed by atoms with Gasteiger partial charge in [0.05, 0.1) is 6.04 Å². The zero-order chi connectivity index (χ0) is 15.1. The van der Waals surface area contributed by atoms with E-state index in [-0.39, 0.29) is 36.8 Å². The van der Waals surface area contributed by atoms with E-state index in [9.17, 15) is 4.79 Å². The average molecular weight is 362 g/mol. The monoisotopic (exact) mass is 361 g/mol. The minimum Gasteiger partial charge on any atom is -0.349 e. The van der Waals surface area contributed by atoms with Crippen molar-refractivity contribution in [2.45, 2.75) is 45.6 Å². The Hall–Kier alpha value is -0.840. The molecule has 0 radical (unpaired) electrons. The van der Waals surface area contributed by atoms with Gasteiger partial charge in [0.2, 0.25) is 5.91 Å². The molecule has 0 aliphatic carbocycles. The SMILES string of the molecule is CCC(NC(=O)CC(C)C1CCCNC1)c1ccncc1.Cl.Cl. The predicted octanol–water partition coefficient (Wildman–Crippen LogP) is 3.52. The molecule has 3 unspecified atom stereocenters. The fraction of sp³-hybridized carbons (Fsp3) is 0.647. The first-order valence-electron chi connectivity index (χ1n) is 8.10. The van der Waals surface area contributed by atoms with Crippen molar-refractivity contribution < 1.29 is 4.79 Å². The fourth-order valence-electron chi connectivity index (χ4n) is 3.09. The first-order valence-corrected chi connectivity index (χ1v) is 8.10. The molecule has 1 aromatic heterocycles. The van der Waals surface area contributed by atoms with Gasteiger partial charge in [-0.25, -0.2) is 0 Å². The topological polar surface area (TPSA) is 54.0 Å². The number of nitrogens with one attached hydrogen (secondary N) is 2. The Morgan fingerprint density at radius 3 is 2.65 bits per heavy atom. The molecule has 1 aliphatic heterocycles. The number of hydrogen-bond donors (Lipinski definition) is 2. The second-order valence-electron chi connectivity index (χ2n) is 6.10. The van der Waals surface area contributed by atoms with Crippen molar-refractivity contribution in [3.8, 4) is 0 Å². The number of carbonyl (C=O) groups is 1. The van der Waals surface area contributed by atoms with E-state index in [0.717, 1.165) is 25.1 Å². The summed E-state index contributed by atoms with van der Waals surface area (Å²) in [6.07, 6.45) is 7.54. The first kappa shape index (κ1) is 22.2. The standard InChI is InChI=1S/C17H27N3O.2ClH/c1-3-16(14-6-9-18-10-7-14)20-17(21)11-13(2)15-5-4-8-19-12-15;;/h6-7,9-10,13,15-16,19H,3-5,8,11-12H2,1-2H3,(H,20,21);2*1H. The molecule has 1 amide bonds. The molecule has 132 valence electrons. The molecule has 6 heteroatoms. The molecular weight excluding hydrogens is 333 g/mol. The summed E-state index contributed by atoms with van der Waals surface area (Å²) in [5.41, 5.74) is 1.13. The maximum Gasteiger partial charge on any atom is 0.220 e. The van der Waals surface area contributed by atoms with Gasteiger partial charge in [-0.3, -0.25) is 9.78 Å². The molecule has 4 nitrogen and oxygen atoms in total. The van der Waals surface area contributed by atoms with Gasteiger partial charge in [-0.2, -0.15) is 0 Å². The lowest BCUT2D eigenvalue weighted by molar-refractivity contribution is -0.123. The summed E-state index contributed by atoms with van der Waals surface area (Å²) in [6, 6.07) is 4.04. The van der Waals surface area contributed by atoms with E-state index in [1.807, 2.05) is 12.1 Å². The molecular formula is C17H29Cl2N3O. The third-order valence-electron chi connectivity index (χ3n) is 4.50. The van der Waals surface area contributed by atoms with Gasteiger partial charge in [0.25, 0.3) is 0 Å². The fourth-order valence-corrected chi connectivity index (χ4v) is 3.09. The Morgan fingerprint density at radius 1 is 1.39 bits per heavy atom. The Kier molecular flexibility index (Phi) is 11.2. The second-order valence-corrected chi connectivity index (χ2v) is 6.10. The van der Waals surface area contributed by atoms with Crippen molar-refractivity contribution >= 4 is 30.7 Å². The van der Waals surface area contributed by atoms with Crippen molar-refractivity contribution in [2.75, 3.05) is 13.1 Å². The zero-order valence-corrected chi connectivity index (χ0v) is 15.6. The molecule has 2 rings (SSSR count). The van der Waals surface area contributed by atoms with Crippen LogP contribution >= 0.6 is 24.8 Å². The summed E-state index contributed by atoms with van der Waals surface area (Å²) >= 11 is 0. The van der Waals surface area contributed by atoms with Crippen molar-refractivity contribution in [3.63, 3.8) is 0 Å². The lowest BCUT2D eigenvalue weighted by Crippen LogP contribution is -2.36. The molecule has 0 saturated carbocycles. The minimum absolute atomic E-state index is 0. The summed E-state index contributed by atoms with van der Waals surface area (Å²) in [5, 5.41) is 6.59. The Morgan fingerprint density at radius 2 is 2.09 bits per heavy atom. The van der Waals surface area contributed by atoms with Crippen molar-refractivity contribution in [3.05, 3.63) is 30.1 Å². The number of nitrogens with zero attached hydrogens (tertiary/aromatic N) is 1. The molecule has 0 bridgehead atoms. The van der Waals surface area contributed by atoms with E-state index in [4.69, 9.17) is 0 Å². The van der Waals surface area contributed by atoms with Crippen LogP contribution in [0, 0.1) is 11.8 Å². The van der Waals surface area contributed by atoms with Crippen LogP contribution in [0.3, 0.4) is 0 Å².